The summed E-state index contributed by atoms with van der Waals surface area (Å²) >= 11 is 0. The standard InChI is InChI=1S/C14H19F2NO3/c1-8(17-13(19)20-14(2,3)4)12(18)9-5-6-10(15)11(16)7-9/h5-8,12,18H,1-4H3,(H,17,19)/t8-,12-/m0/s1. The maximum absolute atomic E-state index is 13.1. The minimum absolute atomic E-state index is 0.174. The van der Waals surface area contributed by atoms with Crippen molar-refractivity contribution in [2.24, 2.45) is 0 Å². The molecule has 0 unspecified atom stereocenters. The van der Waals surface area contributed by atoms with Gasteiger partial charge in [0, 0.05) is 0 Å². The Morgan fingerprint density at radius 3 is 2.40 bits per heavy atom. The van der Waals surface area contributed by atoms with Gasteiger partial charge in [0.15, 0.2) is 11.6 Å². The molecule has 0 spiro atoms. The SMILES string of the molecule is C[C@H](NC(=O)OC(C)(C)C)[C@H](O)c1ccc(F)c(F)c1. The number of carbonyl (C=O) groups is 1. The van der Waals surface area contributed by atoms with Crippen LogP contribution in [0.5, 0.6) is 0 Å². The smallest absolute Gasteiger partial charge is 0.407 e. The summed E-state index contributed by atoms with van der Waals surface area (Å²) in [6.07, 6.45) is -1.86. The van der Waals surface area contributed by atoms with E-state index in [4.69, 9.17) is 4.74 Å². The number of nitrogens with one attached hydrogen (secondary N) is 1. The molecule has 0 fully saturated rings. The summed E-state index contributed by atoms with van der Waals surface area (Å²) in [4.78, 5) is 11.5. The van der Waals surface area contributed by atoms with Gasteiger partial charge in [-0.15, -0.1) is 0 Å². The van der Waals surface area contributed by atoms with Gasteiger partial charge in [0.2, 0.25) is 0 Å². The molecule has 0 bridgehead atoms. The Balaban J connectivity index is 2.69. The maximum atomic E-state index is 13.1. The number of alkyl carbamates (subject to hydrolysis) is 1. The highest BCUT2D eigenvalue weighted by molar-refractivity contribution is 5.68. The minimum Gasteiger partial charge on any atom is -0.444 e. The number of carbonyl (C=O) groups excluding carboxylic acids is 1. The van der Waals surface area contributed by atoms with Crippen LogP contribution in [0.3, 0.4) is 0 Å². The summed E-state index contributed by atoms with van der Waals surface area (Å²) in [5, 5.41) is 12.4. The highest BCUT2D eigenvalue weighted by atomic mass is 19.2. The number of aliphatic hydroxyl groups excluding tert-OH is 1. The second-order valence-corrected chi connectivity index (χ2v) is 5.55. The summed E-state index contributed by atoms with van der Waals surface area (Å²) in [7, 11) is 0. The van der Waals surface area contributed by atoms with Crippen molar-refractivity contribution in [3.05, 3.63) is 35.4 Å². The summed E-state index contributed by atoms with van der Waals surface area (Å²) < 4.78 is 30.9. The zero-order chi connectivity index (χ0) is 15.5. The van der Waals surface area contributed by atoms with E-state index in [0.29, 0.717) is 0 Å². The maximum Gasteiger partial charge on any atom is 0.407 e. The molecule has 1 amide bonds. The van der Waals surface area contributed by atoms with Gasteiger partial charge in [-0.05, 0) is 45.4 Å². The fourth-order valence-corrected chi connectivity index (χ4v) is 1.56. The van der Waals surface area contributed by atoms with Crippen molar-refractivity contribution < 1.29 is 23.4 Å². The zero-order valence-electron chi connectivity index (χ0n) is 11.9. The van der Waals surface area contributed by atoms with Crippen molar-refractivity contribution in [3.8, 4) is 0 Å². The van der Waals surface area contributed by atoms with Crippen molar-refractivity contribution in [2.45, 2.75) is 45.4 Å². The van der Waals surface area contributed by atoms with Crippen LogP contribution < -0.4 is 5.32 Å². The third-order valence-electron chi connectivity index (χ3n) is 2.50. The lowest BCUT2D eigenvalue weighted by Crippen LogP contribution is -2.40. The Hall–Kier alpha value is -1.69. The molecule has 1 aromatic rings. The molecule has 0 heterocycles. The average Bonchev–Trinajstić information content (AvgIpc) is 2.29. The largest absolute Gasteiger partial charge is 0.444 e. The summed E-state index contributed by atoms with van der Waals surface area (Å²) in [5.74, 6) is -2.04. The van der Waals surface area contributed by atoms with Gasteiger partial charge in [-0.3, -0.25) is 0 Å². The second-order valence-electron chi connectivity index (χ2n) is 5.55. The van der Waals surface area contributed by atoms with Crippen LogP contribution in [0.4, 0.5) is 13.6 Å². The molecular weight excluding hydrogens is 268 g/mol. The lowest BCUT2D eigenvalue weighted by Gasteiger charge is -2.24. The van der Waals surface area contributed by atoms with Crippen molar-refractivity contribution in [3.63, 3.8) is 0 Å². The molecular formula is C14H19F2NO3. The first-order valence-corrected chi connectivity index (χ1v) is 6.22. The molecule has 0 saturated heterocycles. The van der Waals surface area contributed by atoms with E-state index in [1.54, 1.807) is 20.8 Å². The van der Waals surface area contributed by atoms with Crippen LogP contribution in [0.2, 0.25) is 0 Å². The van der Waals surface area contributed by atoms with Crippen LogP contribution in [0.15, 0.2) is 18.2 Å². The van der Waals surface area contributed by atoms with Crippen molar-refractivity contribution >= 4 is 6.09 Å². The highest BCUT2D eigenvalue weighted by Crippen LogP contribution is 2.19. The first-order valence-electron chi connectivity index (χ1n) is 6.22. The highest BCUT2D eigenvalue weighted by Gasteiger charge is 2.23. The van der Waals surface area contributed by atoms with Gasteiger partial charge in [0.05, 0.1) is 12.1 Å². The number of halogens is 2. The van der Waals surface area contributed by atoms with E-state index >= 15 is 0 Å². The minimum atomic E-state index is -1.17. The molecule has 0 aliphatic rings. The predicted molar refractivity (Wildman–Crippen MR) is 70.1 cm³/mol. The third-order valence-corrected chi connectivity index (χ3v) is 2.50. The molecule has 0 aliphatic heterocycles. The van der Waals surface area contributed by atoms with Crippen molar-refractivity contribution in [1.29, 1.82) is 0 Å². The van der Waals surface area contributed by atoms with Gasteiger partial charge in [0.25, 0.3) is 0 Å². The van der Waals surface area contributed by atoms with Crippen molar-refractivity contribution in [2.75, 3.05) is 0 Å². The molecule has 1 aromatic carbocycles. The van der Waals surface area contributed by atoms with E-state index in [1.807, 2.05) is 0 Å². The van der Waals surface area contributed by atoms with Gasteiger partial charge >= 0.3 is 6.09 Å². The van der Waals surface area contributed by atoms with E-state index in [1.165, 1.54) is 13.0 Å². The van der Waals surface area contributed by atoms with Gasteiger partial charge in [0.1, 0.15) is 5.60 Å². The Morgan fingerprint density at radius 2 is 1.90 bits per heavy atom. The third kappa shape index (κ3) is 4.77. The number of hydrogen-bond acceptors (Lipinski definition) is 3. The number of rotatable bonds is 3. The molecule has 112 valence electrons. The predicted octanol–water partition coefficient (Wildman–Crippen LogP) is 2.91. The van der Waals surface area contributed by atoms with Crippen LogP contribution in [0.1, 0.15) is 39.4 Å². The number of benzene rings is 1. The van der Waals surface area contributed by atoms with Crippen LogP contribution >= 0.6 is 0 Å². The summed E-state index contributed by atoms with van der Waals surface area (Å²) in [6.45, 7) is 6.67. The van der Waals surface area contributed by atoms with Gasteiger partial charge in [-0.25, -0.2) is 13.6 Å². The van der Waals surface area contributed by atoms with Crippen LogP contribution in [-0.2, 0) is 4.74 Å². The Kier molecular flexibility index (Phi) is 5.05. The van der Waals surface area contributed by atoms with Crippen LogP contribution in [-0.4, -0.2) is 22.8 Å². The van der Waals surface area contributed by atoms with Gasteiger partial charge in [-0.1, -0.05) is 6.07 Å². The Bertz CT molecular complexity index is 486. The molecule has 0 aliphatic carbocycles. The first-order chi connectivity index (χ1) is 9.10. The van der Waals surface area contributed by atoms with E-state index in [-0.39, 0.29) is 5.56 Å². The quantitative estimate of drug-likeness (QED) is 0.898. The summed E-state index contributed by atoms with van der Waals surface area (Å²) in [5.41, 5.74) is -0.482. The lowest BCUT2D eigenvalue weighted by atomic mass is 10.0. The van der Waals surface area contributed by atoms with E-state index in [9.17, 15) is 18.7 Å². The van der Waals surface area contributed by atoms with Crippen LogP contribution in [0.25, 0.3) is 0 Å². The first kappa shape index (κ1) is 16.4. The molecule has 2 atom stereocenters. The molecule has 0 aromatic heterocycles. The molecule has 4 nitrogen and oxygen atoms in total. The van der Waals surface area contributed by atoms with Gasteiger partial charge in [-0.2, -0.15) is 0 Å². The normalized spacial score (nSPS) is 14.6. The topological polar surface area (TPSA) is 58.6 Å². The molecule has 6 heteroatoms. The molecule has 0 saturated carbocycles. The monoisotopic (exact) mass is 287 g/mol. The molecule has 0 radical (unpaired) electrons. The van der Waals surface area contributed by atoms with Crippen LogP contribution in [0, 0.1) is 11.6 Å². The van der Waals surface area contributed by atoms with Gasteiger partial charge < -0.3 is 15.2 Å². The Morgan fingerprint density at radius 1 is 1.30 bits per heavy atom. The van der Waals surface area contributed by atoms with E-state index < -0.39 is 35.5 Å². The van der Waals surface area contributed by atoms with Crippen molar-refractivity contribution in [1.82, 2.24) is 5.32 Å². The number of ether oxygens (including phenoxy) is 1. The second kappa shape index (κ2) is 6.17. The average molecular weight is 287 g/mol. The fraction of sp³-hybridized carbons (Fsp3) is 0.500. The zero-order valence-corrected chi connectivity index (χ0v) is 11.9. The number of aliphatic hydroxyl groups is 1. The van der Waals surface area contributed by atoms with E-state index in [2.05, 4.69) is 5.32 Å². The lowest BCUT2D eigenvalue weighted by molar-refractivity contribution is 0.0435. The van der Waals surface area contributed by atoms with E-state index in [0.717, 1.165) is 12.1 Å². The summed E-state index contributed by atoms with van der Waals surface area (Å²) in [6, 6.07) is 2.37. The molecule has 2 N–H and O–H groups in total. The molecule has 1 rings (SSSR count). The Labute approximate surface area is 116 Å². The number of amides is 1. The fourth-order valence-electron chi connectivity index (χ4n) is 1.56. The molecule has 20 heavy (non-hydrogen) atoms. The number of hydrogen-bond donors (Lipinski definition) is 2.